The summed E-state index contributed by atoms with van der Waals surface area (Å²) < 4.78 is 0. The second kappa shape index (κ2) is 8.32. The molecular formula is C23H21N3O2S. The maximum atomic E-state index is 13.0. The van der Waals surface area contributed by atoms with E-state index in [1.54, 1.807) is 6.07 Å². The number of rotatable bonds is 6. The van der Waals surface area contributed by atoms with Gasteiger partial charge in [0.05, 0.1) is 4.88 Å². The lowest BCUT2D eigenvalue weighted by molar-refractivity contribution is -0.118. The fraction of sp³-hybridized carbons (Fsp3) is 0.130. The van der Waals surface area contributed by atoms with Crippen LogP contribution in [0.4, 0.5) is 5.69 Å². The molecule has 6 heteroatoms. The number of anilines is 1. The lowest BCUT2D eigenvalue weighted by Gasteiger charge is -2.18. The number of aromatic amines is 1. The molecule has 1 atom stereocenters. The molecule has 0 saturated carbocycles. The zero-order chi connectivity index (χ0) is 20.2. The van der Waals surface area contributed by atoms with Crippen molar-refractivity contribution < 1.29 is 9.59 Å². The normalized spacial score (nSPS) is 11.9. The molecule has 29 heavy (non-hydrogen) atoms. The van der Waals surface area contributed by atoms with Crippen LogP contribution in [-0.2, 0) is 11.2 Å². The summed E-state index contributed by atoms with van der Waals surface area (Å²) in [5.74, 6) is -0.493. The van der Waals surface area contributed by atoms with E-state index in [-0.39, 0.29) is 11.8 Å². The summed E-state index contributed by atoms with van der Waals surface area (Å²) in [6.45, 7) is 1.99. The SMILES string of the molecule is Cc1ccc(NC(=O)[C@H](Cc2c[nH]c3ccccc23)NC(=O)c2cccs2)cc1. The molecular weight excluding hydrogens is 382 g/mol. The van der Waals surface area contributed by atoms with Crippen molar-refractivity contribution in [3.05, 3.63) is 88.2 Å². The third-order valence-corrected chi connectivity index (χ3v) is 5.65. The molecule has 0 aliphatic rings. The second-order valence-corrected chi connectivity index (χ2v) is 7.87. The molecule has 2 amide bonds. The molecule has 0 spiro atoms. The van der Waals surface area contributed by atoms with Gasteiger partial charge < -0.3 is 15.6 Å². The number of H-pyrrole nitrogens is 1. The van der Waals surface area contributed by atoms with Crippen LogP contribution in [0.2, 0.25) is 0 Å². The maximum absolute atomic E-state index is 13.0. The Bertz CT molecular complexity index is 1130. The minimum Gasteiger partial charge on any atom is -0.361 e. The van der Waals surface area contributed by atoms with Gasteiger partial charge in [0.1, 0.15) is 6.04 Å². The van der Waals surface area contributed by atoms with E-state index in [0.29, 0.717) is 17.0 Å². The lowest BCUT2D eigenvalue weighted by Crippen LogP contribution is -2.45. The maximum Gasteiger partial charge on any atom is 0.262 e. The lowest BCUT2D eigenvalue weighted by atomic mass is 10.0. The number of aryl methyl sites for hydroxylation is 1. The number of nitrogens with one attached hydrogen (secondary N) is 3. The van der Waals surface area contributed by atoms with Crippen molar-refractivity contribution >= 4 is 39.7 Å². The minimum absolute atomic E-state index is 0.246. The molecule has 0 aliphatic carbocycles. The third-order valence-electron chi connectivity index (χ3n) is 4.78. The van der Waals surface area contributed by atoms with Gasteiger partial charge in [-0.1, -0.05) is 42.0 Å². The van der Waals surface area contributed by atoms with Crippen LogP contribution in [0.15, 0.2) is 72.2 Å². The highest BCUT2D eigenvalue weighted by Gasteiger charge is 2.23. The number of carbonyl (C=O) groups is 2. The molecule has 146 valence electrons. The smallest absolute Gasteiger partial charge is 0.262 e. The van der Waals surface area contributed by atoms with Crippen molar-refractivity contribution in [1.82, 2.24) is 10.3 Å². The summed E-state index contributed by atoms with van der Waals surface area (Å²) in [6.07, 6.45) is 2.28. The summed E-state index contributed by atoms with van der Waals surface area (Å²) in [7, 11) is 0. The number of amides is 2. The van der Waals surface area contributed by atoms with Gasteiger partial charge in [0, 0.05) is 29.2 Å². The number of hydrogen-bond acceptors (Lipinski definition) is 3. The fourth-order valence-corrected chi connectivity index (χ4v) is 3.86. The molecule has 5 nitrogen and oxygen atoms in total. The Morgan fingerprint density at radius 1 is 1.03 bits per heavy atom. The van der Waals surface area contributed by atoms with Gasteiger partial charge >= 0.3 is 0 Å². The third kappa shape index (κ3) is 4.38. The van der Waals surface area contributed by atoms with E-state index in [2.05, 4.69) is 15.6 Å². The van der Waals surface area contributed by atoms with Crippen molar-refractivity contribution in [3.63, 3.8) is 0 Å². The van der Waals surface area contributed by atoms with Crippen molar-refractivity contribution in [2.45, 2.75) is 19.4 Å². The minimum atomic E-state index is -0.704. The zero-order valence-corrected chi connectivity index (χ0v) is 16.8. The Hall–Kier alpha value is -3.38. The van der Waals surface area contributed by atoms with Crippen LogP contribution in [0, 0.1) is 6.92 Å². The number of aromatic nitrogens is 1. The molecule has 2 heterocycles. The molecule has 0 radical (unpaired) electrons. The van der Waals surface area contributed by atoms with Crippen LogP contribution in [0.25, 0.3) is 10.9 Å². The highest BCUT2D eigenvalue weighted by Crippen LogP contribution is 2.20. The average molecular weight is 404 g/mol. The standard InChI is InChI=1S/C23H21N3O2S/c1-15-8-10-17(11-9-15)25-22(27)20(26-23(28)21-7-4-12-29-21)13-16-14-24-19-6-3-2-5-18(16)19/h2-12,14,20,24H,13H2,1H3,(H,25,27)(H,26,28)/t20-/m0/s1. The van der Waals surface area contributed by atoms with E-state index in [9.17, 15) is 9.59 Å². The topological polar surface area (TPSA) is 74.0 Å². The van der Waals surface area contributed by atoms with E-state index < -0.39 is 6.04 Å². The fourth-order valence-electron chi connectivity index (χ4n) is 3.23. The molecule has 3 N–H and O–H groups in total. The second-order valence-electron chi connectivity index (χ2n) is 6.92. The van der Waals surface area contributed by atoms with Crippen LogP contribution in [0.5, 0.6) is 0 Å². The summed E-state index contributed by atoms with van der Waals surface area (Å²) >= 11 is 1.35. The van der Waals surface area contributed by atoms with Crippen LogP contribution in [0.1, 0.15) is 20.8 Å². The van der Waals surface area contributed by atoms with Gasteiger partial charge in [0.15, 0.2) is 0 Å². The number of carbonyl (C=O) groups excluding carboxylic acids is 2. The van der Waals surface area contributed by atoms with Crippen molar-refractivity contribution in [1.29, 1.82) is 0 Å². The van der Waals surface area contributed by atoms with Gasteiger partial charge in [0.2, 0.25) is 5.91 Å². The van der Waals surface area contributed by atoms with E-state index in [0.717, 1.165) is 22.0 Å². The van der Waals surface area contributed by atoms with Gasteiger partial charge in [-0.2, -0.15) is 0 Å². The predicted molar refractivity (Wildman–Crippen MR) is 117 cm³/mol. The first kappa shape index (κ1) is 19.0. The summed E-state index contributed by atoms with van der Waals surface area (Å²) in [5.41, 5.74) is 3.81. The number of thiophene rings is 1. The van der Waals surface area contributed by atoms with E-state index in [1.165, 1.54) is 11.3 Å². The molecule has 0 unspecified atom stereocenters. The Morgan fingerprint density at radius 3 is 2.59 bits per heavy atom. The molecule has 4 aromatic rings. The van der Waals surface area contributed by atoms with Gasteiger partial charge in [-0.15, -0.1) is 11.3 Å². The first-order valence-electron chi connectivity index (χ1n) is 9.37. The molecule has 0 fully saturated rings. The zero-order valence-electron chi connectivity index (χ0n) is 15.9. The van der Waals surface area contributed by atoms with Crippen LogP contribution in [-0.4, -0.2) is 22.8 Å². The van der Waals surface area contributed by atoms with Crippen LogP contribution < -0.4 is 10.6 Å². The highest BCUT2D eigenvalue weighted by atomic mass is 32.1. The van der Waals surface area contributed by atoms with Crippen molar-refractivity contribution in [3.8, 4) is 0 Å². The first-order chi connectivity index (χ1) is 14.1. The monoisotopic (exact) mass is 403 g/mol. The quantitative estimate of drug-likeness (QED) is 0.443. The summed E-state index contributed by atoms with van der Waals surface area (Å²) in [6, 6.07) is 18.4. The molecule has 0 aliphatic heterocycles. The molecule has 2 aromatic heterocycles. The van der Waals surface area contributed by atoms with Gasteiger partial charge in [0.25, 0.3) is 5.91 Å². The molecule has 0 saturated heterocycles. The first-order valence-corrected chi connectivity index (χ1v) is 10.2. The van der Waals surface area contributed by atoms with Gasteiger partial charge in [-0.05, 0) is 42.1 Å². The Balaban J connectivity index is 1.58. The van der Waals surface area contributed by atoms with Crippen LogP contribution in [0.3, 0.4) is 0 Å². The van der Waals surface area contributed by atoms with Crippen LogP contribution >= 0.6 is 11.3 Å². The summed E-state index contributed by atoms with van der Waals surface area (Å²) in [5, 5.41) is 8.71. The Morgan fingerprint density at radius 2 is 1.83 bits per heavy atom. The highest BCUT2D eigenvalue weighted by molar-refractivity contribution is 7.12. The van der Waals surface area contributed by atoms with Gasteiger partial charge in [-0.3, -0.25) is 9.59 Å². The van der Waals surface area contributed by atoms with Crippen molar-refractivity contribution in [2.75, 3.05) is 5.32 Å². The van der Waals surface area contributed by atoms with Gasteiger partial charge in [-0.25, -0.2) is 0 Å². The van der Waals surface area contributed by atoms with E-state index in [4.69, 9.17) is 0 Å². The number of fused-ring (bicyclic) bond motifs is 1. The number of para-hydroxylation sites is 1. The molecule has 4 rings (SSSR count). The molecule has 0 bridgehead atoms. The van der Waals surface area contributed by atoms with Crippen molar-refractivity contribution in [2.24, 2.45) is 0 Å². The number of benzene rings is 2. The van der Waals surface area contributed by atoms with E-state index in [1.807, 2.05) is 73.1 Å². The van der Waals surface area contributed by atoms with E-state index >= 15 is 0 Å². The predicted octanol–water partition coefficient (Wildman–Crippen LogP) is 4.52. The summed E-state index contributed by atoms with van der Waals surface area (Å²) in [4.78, 5) is 29.5. The molecule has 2 aromatic carbocycles. The largest absolute Gasteiger partial charge is 0.361 e. The Labute approximate surface area is 172 Å². The average Bonchev–Trinajstić information content (AvgIpc) is 3.40. The Kier molecular flexibility index (Phi) is 5.44. The number of hydrogen-bond donors (Lipinski definition) is 3.